The SMILES string of the molecule is CC[C@@]1(O)C[C@@H](C(N)=O)N=C1c1ncccc1O. The van der Waals surface area contributed by atoms with Gasteiger partial charge >= 0.3 is 0 Å². The number of aliphatic hydroxyl groups is 1. The molecule has 96 valence electrons. The molecule has 1 aliphatic heterocycles. The third-order valence-electron chi connectivity index (χ3n) is 3.18. The third kappa shape index (κ3) is 1.95. The Kier molecular flexibility index (Phi) is 3.04. The Morgan fingerprint density at radius 1 is 1.67 bits per heavy atom. The molecule has 2 heterocycles. The second-order valence-corrected chi connectivity index (χ2v) is 4.36. The predicted octanol–water partition coefficient (Wildman–Crippen LogP) is -0.0250. The second kappa shape index (κ2) is 4.38. The number of amides is 1. The number of rotatable bonds is 3. The highest BCUT2D eigenvalue weighted by Gasteiger charge is 2.44. The van der Waals surface area contributed by atoms with E-state index in [-0.39, 0.29) is 23.6 Å². The van der Waals surface area contributed by atoms with E-state index in [4.69, 9.17) is 5.73 Å². The lowest BCUT2D eigenvalue weighted by atomic mass is 9.89. The highest BCUT2D eigenvalue weighted by molar-refractivity contribution is 6.09. The number of nitrogens with two attached hydrogens (primary N) is 1. The topological polar surface area (TPSA) is 109 Å². The number of carbonyl (C=O) groups is 1. The van der Waals surface area contributed by atoms with Crippen LogP contribution in [0.15, 0.2) is 23.3 Å². The second-order valence-electron chi connectivity index (χ2n) is 4.36. The number of aromatic hydroxyl groups is 1. The van der Waals surface area contributed by atoms with E-state index in [1.54, 1.807) is 13.0 Å². The van der Waals surface area contributed by atoms with Gasteiger partial charge in [-0.25, -0.2) is 0 Å². The Balaban J connectivity index is 2.49. The molecular formula is C12H15N3O3. The summed E-state index contributed by atoms with van der Waals surface area (Å²) in [5.41, 5.74) is 4.37. The van der Waals surface area contributed by atoms with E-state index in [2.05, 4.69) is 9.98 Å². The van der Waals surface area contributed by atoms with Gasteiger partial charge in [-0.1, -0.05) is 6.92 Å². The molecule has 4 N–H and O–H groups in total. The van der Waals surface area contributed by atoms with Crippen molar-refractivity contribution in [3.8, 4) is 5.75 Å². The van der Waals surface area contributed by atoms with Gasteiger partial charge in [-0.05, 0) is 18.6 Å². The standard InChI is InChI=1S/C12H15N3O3/c1-2-12(18)6-7(11(13)17)15-10(12)9-8(16)4-3-5-14-9/h3-5,7,16,18H,2,6H2,1H3,(H2,13,17)/t7-,12+/m0/s1. The normalized spacial score (nSPS) is 27.0. The van der Waals surface area contributed by atoms with E-state index >= 15 is 0 Å². The molecule has 6 heteroatoms. The van der Waals surface area contributed by atoms with Crippen molar-refractivity contribution >= 4 is 11.6 Å². The van der Waals surface area contributed by atoms with Crippen LogP contribution in [0.2, 0.25) is 0 Å². The lowest BCUT2D eigenvalue weighted by Crippen LogP contribution is -2.37. The number of aliphatic imine (C=N–C) groups is 1. The first kappa shape index (κ1) is 12.5. The zero-order valence-corrected chi connectivity index (χ0v) is 10.00. The first-order valence-corrected chi connectivity index (χ1v) is 5.72. The molecule has 1 aromatic heterocycles. The van der Waals surface area contributed by atoms with E-state index in [0.717, 1.165) is 0 Å². The van der Waals surface area contributed by atoms with E-state index in [9.17, 15) is 15.0 Å². The van der Waals surface area contributed by atoms with Crippen molar-refractivity contribution in [1.82, 2.24) is 4.98 Å². The van der Waals surface area contributed by atoms with Crippen molar-refractivity contribution in [3.63, 3.8) is 0 Å². The molecule has 0 saturated carbocycles. The molecule has 0 saturated heterocycles. The summed E-state index contributed by atoms with van der Waals surface area (Å²) >= 11 is 0. The zero-order chi connectivity index (χ0) is 13.3. The summed E-state index contributed by atoms with van der Waals surface area (Å²) in [5, 5.41) is 20.2. The molecule has 0 fully saturated rings. The number of nitrogens with zero attached hydrogens (tertiary/aromatic N) is 2. The van der Waals surface area contributed by atoms with Crippen molar-refractivity contribution in [2.45, 2.75) is 31.4 Å². The van der Waals surface area contributed by atoms with Gasteiger partial charge in [0.1, 0.15) is 23.1 Å². The van der Waals surface area contributed by atoms with Crippen LogP contribution in [0.3, 0.4) is 0 Å². The van der Waals surface area contributed by atoms with E-state index in [0.29, 0.717) is 6.42 Å². The minimum absolute atomic E-state index is 0.0757. The van der Waals surface area contributed by atoms with Crippen LogP contribution in [-0.2, 0) is 4.79 Å². The molecule has 0 bridgehead atoms. The fraction of sp³-hybridized carbons (Fsp3) is 0.417. The maximum Gasteiger partial charge on any atom is 0.242 e. The van der Waals surface area contributed by atoms with Crippen molar-refractivity contribution in [2.24, 2.45) is 10.7 Å². The van der Waals surface area contributed by atoms with Crippen molar-refractivity contribution in [1.29, 1.82) is 0 Å². The van der Waals surface area contributed by atoms with Crippen LogP contribution in [0.25, 0.3) is 0 Å². The molecule has 0 unspecified atom stereocenters. The Morgan fingerprint density at radius 2 is 2.39 bits per heavy atom. The summed E-state index contributed by atoms with van der Waals surface area (Å²) in [6, 6.07) is 2.26. The van der Waals surface area contributed by atoms with Gasteiger partial charge in [-0.3, -0.25) is 14.8 Å². The first-order chi connectivity index (χ1) is 8.48. The van der Waals surface area contributed by atoms with Crippen LogP contribution in [0.1, 0.15) is 25.5 Å². The molecule has 2 atom stereocenters. The van der Waals surface area contributed by atoms with Crippen LogP contribution in [-0.4, -0.2) is 38.5 Å². The van der Waals surface area contributed by atoms with E-state index in [1.807, 2.05) is 0 Å². The third-order valence-corrected chi connectivity index (χ3v) is 3.18. The molecule has 0 spiro atoms. The smallest absolute Gasteiger partial charge is 0.242 e. The summed E-state index contributed by atoms with van der Waals surface area (Å²) in [4.78, 5) is 19.3. The quantitative estimate of drug-likeness (QED) is 0.699. The number of primary amides is 1. The van der Waals surface area contributed by atoms with Gasteiger partial charge in [-0.2, -0.15) is 0 Å². The maximum atomic E-state index is 11.2. The maximum absolute atomic E-state index is 11.2. The number of aromatic nitrogens is 1. The molecule has 6 nitrogen and oxygen atoms in total. The highest BCUT2D eigenvalue weighted by Crippen LogP contribution is 2.33. The number of hydrogen-bond acceptors (Lipinski definition) is 5. The molecule has 1 aliphatic rings. The minimum atomic E-state index is -1.27. The van der Waals surface area contributed by atoms with Gasteiger partial charge in [0.15, 0.2) is 0 Å². The molecule has 1 amide bonds. The van der Waals surface area contributed by atoms with Gasteiger partial charge in [-0.15, -0.1) is 0 Å². The lowest BCUT2D eigenvalue weighted by molar-refractivity contribution is -0.119. The monoisotopic (exact) mass is 249 g/mol. The zero-order valence-electron chi connectivity index (χ0n) is 10.00. The van der Waals surface area contributed by atoms with Gasteiger partial charge in [0.25, 0.3) is 0 Å². The summed E-state index contributed by atoms with van der Waals surface area (Å²) in [6.07, 6.45) is 1.99. The highest BCUT2D eigenvalue weighted by atomic mass is 16.3. The van der Waals surface area contributed by atoms with Crippen molar-refractivity contribution in [2.75, 3.05) is 0 Å². The predicted molar refractivity (Wildman–Crippen MR) is 65.3 cm³/mol. The molecule has 1 aromatic rings. The van der Waals surface area contributed by atoms with Crippen LogP contribution < -0.4 is 5.73 Å². The van der Waals surface area contributed by atoms with Gasteiger partial charge in [0.2, 0.25) is 5.91 Å². The number of hydrogen-bond donors (Lipinski definition) is 3. The van der Waals surface area contributed by atoms with Crippen molar-refractivity contribution < 1.29 is 15.0 Å². The van der Waals surface area contributed by atoms with Gasteiger partial charge in [0.05, 0.1) is 5.71 Å². The fourth-order valence-corrected chi connectivity index (χ4v) is 2.07. The largest absolute Gasteiger partial charge is 0.506 e. The molecule has 0 aliphatic carbocycles. The molecule has 0 radical (unpaired) electrons. The van der Waals surface area contributed by atoms with Crippen LogP contribution in [0, 0.1) is 0 Å². The van der Waals surface area contributed by atoms with Gasteiger partial charge in [0, 0.05) is 12.6 Å². The molecule has 0 aromatic carbocycles. The lowest BCUT2D eigenvalue weighted by Gasteiger charge is -2.23. The summed E-state index contributed by atoms with van der Waals surface area (Å²) in [7, 11) is 0. The molecular weight excluding hydrogens is 234 g/mol. The summed E-state index contributed by atoms with van der Waals surface area (Å²) in [5.74, 6) is -0.666. The van der Waals surface area contributed by atoms with Crippen LogP contribution in [0.4, 0.5) is 0 Å². The molecule has 18 heavy (non-hydrogen) atoms. The van der Waals surface area contributed by atoms with Crippen LogP contribution in [0.5, 0.6) is 5.75 Å². The van der Waals surface area contributed by atoms with E-state index in [1.165, 1.54) is 12.3 Å². The number of carbonyl (C=O) groups excluding carboxylic acids is 1. The van der Waals surface area contributed by atoms with E-state index < -0.39 is 17.6 Å². The Bertz CT molecular complexity index is 515. The Labute approximate surface area is 104 Å². The fourth-order valence-electron chi connectivity index (χ4n) is 2.07. The first-order valence-electron chi connectivity index (χ1n) is 5.72. The Hall–Kier alpha value is -1.95. The van der Waals surface area contributed by atoms with Crippen molar-refractivity contribution in [3.05, 3.63) is 24.0 Å². The average molecular weight is 249 g/mol. The van der Waals surface area contributed by atoms with Crippen LogP contribution >= 0.6 is 0 Å². The Morgan fingerprint density at radius 3 is 2.94 bits per heavy atom. The molecule has 2 rings (SSSR count). The van der Waals surface area contributed by atoms with Gasteiger partial charge < -0.3 is 15.9 Å². The minimum Gasteiger partial charge on any atom is -0.506 e. The summed E-state index contributed by atoms with van der Waals surface area (Å²) < 4.78 is 0. The summed E-state index contributed by atoms with van der Waals surface area (Å²) in [6.45, 7) is 1.78. The number of pyridine rings is 1. The average Bonchev–Trinajstić information content (AvgIpc) is 2.69.